The number of hydrogen-bond donors (Lipinski definition) is 0. The normalized spacial score (nSPS) is 15.9. The number of piperazine rings is 1. The molecule has 1 saturated heterocycles. The van der Waals surface area contributed by atoms with Gasteiger partial charge in [-0.15, -0.1) is 13.2 Å². The summed E-state index contributed by atoms with van der Waals surface area (Å²) in [5.74, 6) is -0.566. The molecule has 0 unspecified atom stereocenters. The van der Waals surface area contributed by atoms with Crippen LogP contribution in [0.1, 0.15) is 12.8 Å². The van der Waals surface area contributed by atoms with E-state index in [1.807, 2.05) is 0 Å². The van der Waals surface area contributed by atoms with Crippen LogP contribution in [0.25, 0.3) is 0 Å². The third-order valence-corrected chi connectivity index (χ3v) is 6.44. The summed E-state index contributed by atoms with van der Waals surface area (Å²) < 4.78 is 68.7. The van der Waals surface area contributed by atoms with Crippen molar-refractivity contribution < 1.29 is 31.1 Å². The highest BCUT2D eigenvalue weighted by atomic mass is 32.2. The fourth-order valence-electron chi connectivity index (χ4n) is 3.04. The Morgan fingerprint density at radius 3 is 2.33 bits per heavy atom. The van der Waals surface area contributed by atoms with Crippen LogP contribution in [0.3, 0.4) is 0 Å². The lowest BCUT2D eigenvalue weighted by atomic mass is 10.2. The molecule has 0 saturated carbocycles. The fraction of sp³-hybridized carbons (Fsp3) is 0.471. The lowest BCUT2D eigenvalue weighted by molar-refractivity contribution is -0.274. The summed E-state index contributed by atoms with van der Waals surface area (Å²) in [6, 6.07) is 4.04. The van der Waals surface area contributed by atoms with Gasteiger partial charge in [0.15, 0.2) is 0 Å². The van der Waals surface area contributed by atoms with Crippen molar-refractivity contribution in [2.45, 2.75) is 30.6 Å². The summed E-state index contributed by atoms with van der Waals surface area (Å²) in [7, 11) is -3.88. The molecule has 1 amide bonds. The molecule has 0 aliphatic carbocycles. The zero-order valence-electron chi connectivity index (χ0n) is 15.8. The number of aryl methyl sites for hydroxylation is 1. The van der Waals surface area contributed by atoms with E-state index in [1.54, 1.807) is 15.9 Å². The van der Waals surface area contributed by atoms with Crippen LogP contribution in [-0.4, -0.2) is 70.8 Å². The van der Waals surface area contributed by atoms with E-state index in [0.717, 1.165) is 24.3 Å². The number of halogens is 3. The van der Waals surface area contributed by atoms with Gasteiger partial charge in [0.2, 0.25) is 15.9 Å². The molecule has 0 N–H and O–H groups in total. The Kier molecular flexibility index (Phi) is 6.61. The predicted molar refractivity (Wildman–Crippen MR) is 97.7 cm³/mol. The van der Waals surface area contributed by atoms with Crippen molar-refractivity contribution in [2.24, 2.45) is 0 Å². The number of benzene rings is 1. The van der Waals surface area contributed by atoms with E-state index in [2.05, 4.69) is 14.8 Å². The van der Waals surface area contributed by atoms with E-state index in [0.29, 0.717) is 19.4 Å². The molecule has 1 aliphatic heterocycles. The minimum Gasteiger partial charge on any atom is -0.406 e. The Balaban J connectivity index is 1.51. The Hall–Kier alpha value is -2.67. The van der Waals surface area contributed by atoms with Gasteiger partial charge in [0.25, 0.3) is 0 Å². The fourth-order valence-corrected chi connectivity index (χ4v) is 4.46. The van der Waals surface area contributed by atoms with E-state index in [9.17, 15) is 26.4 Å². The van der Waals surface area contributed by atoms with Crippen LogP contribution in [0, 0.1) is 0 Å². The minimum absolute atomic E-state index is 0.0687. The van der Waals surface area contributed by atoms with Crippen LogP contribution >= 0.6 is 0 Å². The largest absolute Gasteiger partial charge is 0.573 e. The van der Waals surface area contributed by atoms with Crippen LogP contribution in [0.15, 0.2) is 41.8 Å². The smallest absolute Gasteiger partial charge is 0.406 e. The first-order valence-corrected chi connectivity index (χ1v) is 10.6. The maximum Gasteiger partial charge on any atom is 0.573 e. The van der Waals surface area contributed by atoms with E-state index < -0.39 is 22.1 Å². The second kappa shape index (κ2) is 9.00. The van der Waals surface area contributed by atoms with Crippen molar-refractivity contribution in [3.8, 4) is 5.75 Å². The molecule has 0 radical (unpaired) electrons. The molecular weight excluding hydrogens is 427 g/mol. The molecule has 0 bridgehead atoms. The van der Waals surface area contributed by atoms with Gasteiger partial charge in [0, 0.05) is 39.1 Å². The van der Waals surface area contributed by atoms with E-state index >= 15 is 0 Å². The molecule has 2 heterocycles. The zero-order chi connectivity index (χ0) is 21.8. The van der Waals surface area contributed by atoms with Crippen molar-refractivity contribution in [1.29, 1.82) is 0 Å². The number of aromatic nitrogens is 3. The standard InChI is InChI=1S/C17H20F3N5O4S/c18-17(19,20)29-14-3-5-15(6-4-14)30(27,28)25-10-8-23(9-11-25)16(26)2-1-7-24-13-21-12-22-24/h3-6,12-13H,1-2,7-11H2. The molecule has 0 atom stereocenters. The molecule has 1 aromatic heterocycles. The second-order valence-corrected chi connectivity index (χ2v) is 8.50. The minimum atomic E-state index is -4.85. The molecule has 13 heteroatoms. The average molecular weight is 447 g/mol. The number of hydrogen-bond acceptors (Lipinski definition) is 6. The van der Waals surface area contributed by atoms with Crippen molar-refractivity contribution in [2.75, 3.05) is 26.2 Å². The summed E-state index contributed by atoms with van der Waals surface area (Å²) >= 11 is 0. The van der Waals surface area contributed by atoms with Gasteiger partial charge >= 0.3 is 6.36 Å². The molecule has 9 nitrogen and oxygen atoms in total. The Bertz CT molecular complexity index is 941. The first-order valence-electron chi connectivity index (χ1n) is 9.11. The first kappa shape index (κ1) is 22.0. The van der Waals surface area contributed by atoms with Gasteiger partial charge in [-0.25, -0.2) is 13.4 Å². The van der Waals surface area contributed by atoms with Gasteiger partial charge in [0.1, 0.15) is 18.4 Å². The van der Waals surface area contributed by atoms with Gasteiger partial charge in [-0.1, -0.05) is 0 Å². The third-order valence-electron chi connectivity index (χ3n) is 4.53. The Labute approximate surface area is 171 Å². The lowest BCUT2D eigenvalue weighted by Gasteiger charge is -2.34. The molecular formula is C17H20F3N5O4S. The molecule has 1 fully saturated rings. The average Bonchev–Trinajstić information content (AvgIpc) is 3.21. The molecule has 2 aromatic rings. The van der Waals surface area contributed by atoms with Crippen LogP contribution in [0.2, 0.25) is 0 Å². The quantitative estimate of drug-likeness (QED) is 0.638. The third kappa shape index (κ3) is 5.69. The number of ether oxygens (including phenoxy) is 1. The summed E-state index contributed by atoms with van der Waals surface area (Å²) in [5.41, 5.74) is 0. The number of alkyl halides is 3. The number of nitrogens with zero attached hydrogens (tertiary/aromatic N) is 5. The number of carbonyl (C=O) groups is 1. The van der Waals surface area contributed by atoms with Crippen LogP contribution in [-0.2, 0) is 21.4 Å². The van der Waals surface area contributed by atoms with Crippen LogP contribution in [0.4, 0.5) is 13.2 Å². The summed E-state index contributed by atoms with van der Waals surface area (Å²) in [4.78, 5) is 17.6. The number of sulfonamides is 1. The van der Waals surface area contributed by atoms with E-state index in [1.165, 1.54) is 10.6 Å². The maximum absolute atomic E-state index is 12.7. The van der Waals surface area contributed by atoms with Gasteiger partial charge in [0.05, 0.1) is 4.90 Å². The topological polar surface area (TPSA) is 97.6 Å². The monoisotopic (exact) mass is 447 g/mol. The Morgan fingerprint density at radius 1 is 1.10 bits per heavy atom. The van der Waals surface area contributed by atoms with Crippen LogP contribution < -0.4 is 4.74 Å². The summed E-state index contributed by atoms with van der Waals surface area (Å²) in [6.45, 7) is 1.28. The summed E-state index contributed by atoms with van der Waals surface area (Å²) in [6.07, 6.45) is -0.965. The van der Waals surface area contributed by atoms with Crippen LogP contribution in [0.5, 0.6) is 5.75 Å². The van der Waals surface area contributed by atoms with Gasteiger partial charge in [-0.3, -0.25) is 9.48 Å². The van der Waals surface area contributed by atoms with Crippen molar-refractivity contribution in [3.63, 3.8) is 0 Å². The van der Waals surface area contributed by atoms with E-state index in [-0.39, 0.29) is 37.0 Å². The van der Waals surface area contributed by atoms with Gasteiger partial charge in [-0.05, 0) is 30.7 Å². The lowest BCUT2D eigenvalue weighted by Crippen LogP contribution is -2.50. The molecule has 1 aromatic carbocycles. The Morgan fingerprint density at radius 2 is 1.77 bits per heavy atom. The highest BCUT2D eigenvalue weighted by Crippen LogP contribution is 2.25. The highest BCUT2D eigenvalue weighted by Gasteiger charge is 2.32. The first-order chi connectivity index (χ1) is 14.1. The van der Waals surface area contributed by atoms with Crippen molar-refractivity contribution in [3.05, 3.63) is 36.9 Å². The number of carbonyl (C=O) groups excluding carboxylic acids is 1. The second-order valence-electron chi connectivity index (χ2n) is 6.57. The highest BCUT2D eigenvalue weighted by molar-refractivity contribution is 7.89. The van der Waals surface area contributed by atoms with Crippen molar-refractivity contribution >= 4 is 15.9 Å². The molecule has 0 spiro atoms. The maximum atomic E-state index is 12.7. The number of rotatable bonds is 7. The molecule has 30 heavy (non-hydrogen) atoms. The molecule has 164 valence electrons. The number of amides is 1. The SMILES string of the molecule is O=C(CCCn1cncn1)N1CCN(S(=O)(=O)c2ccc(OC(F)(F)F)cc2)CC1. The van der Waals surface area contributed by atoms with Gasteiger partial charge < -0.3 is 9.64 Å². The van der Waals surface area contributed by atoms with E-state index in [4.69, 9.17) is 0 Å². The molecule has 1 aliphatic rings. The summed E-state index contributed by atoms with van der Waals surface area (Å²) in [5, 5.41) is 3.96. The van der Waals surface area contributed by atoms with Crippen molar-refractivity contribution in [1.82, 2.24) is 24.0 Å². The van der Waals surface area contributed by atoms with Gasteiger partial charge in [-0.2, -0.15) is 9.40 Å². The zero-order valence-corrected chi connectivity index (χ0v) is 16.6. The molecule has 3 rings (SSSR count). The predicted octanol–water partition coefficient (Wildman–Crippen LogP) is 1.49.